The van der Waals surface area contributed by atoms with Gasteiger partial charge in [0.05, 0.1) is 18.0 Å². The fourth-order valence-corrected chi connectivity index (χ4v) is 2.04. The lowest BCUT2D eigenvalue weighted by molar-refractivity contribution is 0.100. The average molecular weight is 285 g/mol. The summed E-state index contributed by atoms with van der Waals surface area (Å²) in [5, 5.41) is 3.26. The molecular weight excluding hydrogens is 266 g/mol. The minimum absolute atomic E-state index is 0.418. The van der Waals surface area contributed by atoms with Crippen molar-refractivity contribution in [3.05, 3.63) is 53.6 Å². The third kappa shape index (κ3) is 3.73. The Morgan fingerprint density at radius 2 is 1.95 bits per heavy atom. The predicted molar refractivity (Wildman–Crippen MR) is 84.7 cm³/mol. The summed E-state index contributed by atoms with van der Waals surface area (Å²) in [6, 6.07) is 12.8. The molecule has 2 rings (SSSR count). The first-order valence-electron chi connectivity index (χ1n) is 6.65. The van der Waals surface area contributed by atoms with Crippen LogP contribution in [0.2, 0.25) is 0 Å². The molecule has 21 heavy (non-hydrogen) atoms. The summed E-state index contributed by atoms with van der Waals surface area (Å²) in [7, 11) is 1.67. The van der Waals surface area contributed by atoms with Crippen LogP contribution in [0.3, 0.4) is 0 Å². The van der Waals surface area contributed by atoms with E-state index in [4.69, 9.17) is 16.2 Å². The van der Waals surface area contributed by atoms with E-state index in [2.05, 4.69) is 5.32 Å². The topological polar surface area (TPSA) is 90.4 Å². The van der Waals surface area contributed by atoms with Gasteiger partial charge in [-0.15, -0.1) is 0 Å². The van der Waals surface area contributed by atoms with Crippen molar-refractivity contribution in [1.29, 1.82) is 0 Å². The second-order valence-corrected chi connectivity index (χ2v) is 4.69. The number of nitrogens with two attached hydrogens (primary N) is 2. The number of nitrogens with one attached hydrogen (secondary N) is 1. The molecule has 0 unspecified atom stereocenters. The number of anilines is 3. The first-order valence-corrected chi connectivity index (χ1v) is 6.65. The molecule has 0 fully saturated rings. The number of carbonyl (C=O) groups excluding carboxylic acids is 1. The number of amides is 1. The van der Waals surface area contributed by atoms with Gasteiger partial charge in [0.25, 0.3) is 0 Å². The van der Waals surface area contributed by atoms with Crippen LogP contribution in [0.1, 0.15) is 15.9 Å². The minimum atomic E-state index is -0.481. The molecule has 5 N–H and O–H groups in total. The molecule has 0 spiro atoms. The van der Waals surface area contributed by atoms with E-state index in [-0.39, 0.29) is 0 Å². The lowest BCUT2D eigenvalue weighted by Crippen LogP contribution is -2.11. The van der Waals surface area contributed by atoms with Crippen LogP contribution < -0.4 is 16.8 Å². The van der Waals surface area contributed by atoms with Crippen LogP contribution in [0.4, 0.5) is 17.1 Å². The largest absolute Gasteiger partial charge is 0.397 e. The van der Waals surface area contributed by atoms with E-state index < -0.39 is 5.91 Å². The highest BCUT2D eigenvalue weighted by molar-refractivity contribution is 5.95. The Morgan fingerprint density at radius 3 is 2.67 bits per heavy atom. The summed E-state index contributed by atoms with van der Waals surface area (Å²) in [6.45, 7) is 0.634. The number of para-hydroxylation sites is 1. The van der Waals surface area contributed by atoms with Gasteiger partial charge in [-0.3, -0.25) is 4.79 Å². The Kier molecular flexibility index (Phi) is 4.79. The molecule has 0 aliphatic rings. The number of hydrogen-bond acceptors (Lipinski definition) is 4. The number of carbonyl (C=O) groups is 1. The van der Waals surface area contributed by atoms with E-state index >= 15 is 0 Å². The summed E-state index contributed by atoms with van der Waals surface area (Å²) in [5.41, 5.74) is 14.9. The maximum atomic E-state index is 11.3. The molecule has 5 heteroatoms. The van der Waals surface area contributed by atoms with Crippen LogP contribution >= 0.6 is 0 Å². The third-order valence-corrected chi connectivity index (χ3v) is 3.20. The molecule has 5 nitrogen and oxygen atoms in total. The highest BCUT2D eigenvalue weighted by atomic mass is 16.5. The molecule has 0 saturated heterocycles. The minimum Gasteiger partial charge on any atom is -0.397 e. The predicted octanol–water partition coefficient (Wildman–Crippen LogP) is 2.30. The normalized spacial score (nSPS) is 10.3. The Morgan fingerprint density at radius 1 is 1.19 bits per heavy atom. The van der Waals surface area contributed by atoms with Gasteiger partial charge in [0, 0.05) is 18.4 Å². The molecule has 110 valence electrons. The second kappa shape index (κ2) is 6.76. The molecular formula is C16H19N3O2. The van der Waals surface area contributed by atoms with Crippen molar-refractivity contribution >= 4 is 23.0 Å². The fraction of sp³-hybridized carbons (Fsp3) is 0.188. The standard InChI is InChI=1S/C16H19N3O2/c1-21-9-8-11-4-2-3-5-14(11)19-15-10-12(16(18)20)6-7-13(15)17/h2-7,10,19H,8-9,17H2,1H3,(H2,18,20). The van der Waals surface area contributed by atoms with Gasteiger partial charge in [-0.25, -0.2) is 0 Å². The van der Waals surface area contributed by atoms with E-state index in [9.17, 15) is 4.79 Å². The lowest BCUT2D eigenvalue weighted by Gasteiger charge is -2.14. The van der Waals surface area contributed by atoms with Crippen molar-refractivity contribution < 1.29 is 9.53 Å². The lowest BCUT2D eigenvalue weighted by atomic mass is 10.1. The Bertz CT molecular complexity index is 641. The summed E-state index contributed by atoms with van der Waals surface area (Å²) >= 11 is 0. The molecule has 2 aromatic carbocycles. The highest BCUT2D eigenvalue weighted by Gasteiger charge is 2.08. The summed E-state index contributed by atoms with van der Waals surface area (Å²) in [5.74, 6) is -0.481. The van der Waals surface area contributed by atoms with E-state index in [1.807, 2.05) is 24.3 Å². The second-order valence-electron chi connectivity index (χ2n) is 4.69. The Labute approximate surface area is 123 Å². The van der Waals surface area contributed by atoms with Gasteiger partial charge in [-0.05, 0) is 36.2 Å². The Hall–Kier alpha value is -2.53. The van der Waals surface area contributed by atoms with Gasteiger partial charge < -0.3 is 21.5 Å². The van der Waals surface area contributed by atoms with Gasteiger partial charge in [0.2, 0.25) is 5.91 Å². The monoisotopic (exact) mass is 285 g/mol. The first-order chi connectivity index (χ1) is 10.1. The fourth-order valence-electron chi connectivity index (χ4n) is 2.04. The molecule has 2 aromatic rings. The quantitative estimate of drug-likeness (QED) is 0.710. The van der Waals surface area contributed by atoms with Crippen LogP contribution in [0.5, 0.6) is 0 Å². The zero-order valence-electron chi connectivity index (χ0n) is 11.9. The van der Waals surface area contributed by atoms with Crippen molar-refractivity contribution in [2.24, 2.45) is 5.73 Å². The van der Waals surface area contributed by atoms with Crippen molar-refractivity contribution in [2.75, 3.05) is 24.8 Å². The number of hydrogen-bond donors (Lipinski definition) is 3. The first kappa shape index (κ1) is 14.9. The van der Waals surface area contributed by atoms with Gasteiger partial charge >= 0.3 is 0 Å². The SMILES string of the molecule is COCCc1ccccc1Nc1cc(C(N)=O)ccc1N. The third-order valence-electron chi connectivity index (χ3n) is 3.20. The van der Waals surface area contributed by atoms with Crippen molar-refractivity contribution in [3.8, 4) is 0 Å². The molecule has 0 bridgehead atoms. The van der Waals surface area contributed by atoms with Gasteiger partial charge in [0.1, 0.15) is 0 Å². The van der Waals surface area contributed by atoms with Crippen molar-refractivity contribution in [2.45, 2.75) is 6.42 Å². The molecule has 0 radical (unpaired) electrons. The number of rotatable bonds is 6. The zero-order chi connectivity index (χ0) is 15.2. The summed E-state index contributed by atoms with van der Waals surface area (Å²) in [6.07, 6.45) is 0.787. The molecule has 0 aliphatic carbocycles. The molecule has 0 atom stereocenters. The number of primary amides is 1. The van der Waals surface area contributed by atoms with E-state index in [1.54, 1.807) is 25.3 Å². The molecule has 0 saturated carbocycles. The zero-order valence-corrected chi connectivity index (χ0v) is 11.9. The number of ether oxygens (including phenoxy) is 1. The smallest absolute Gasteiger partial charge is 0.248 e. The molecule has 1 amide bonds. The van der Waals surface area contributed by atoms with Crippen LogP contribution in [-0.2, 0) is 11.2 Å². The van der Waals surface area contributed by atoms with Crippen molar-refractivity contribution in [1.82, 2.24) is 0 Å². The number of methoxy groups -OCH3 is 1. The van der Waals surface area contributed by atoms with E-state index in [0.717, 1.165) is 17.7 Å². The molecule has 0 aromatic heterocycles. The van der Waals surface area contributed by atoms with Crippen LogP contribution in [0.25, 0.3) is 0 Å². The average Bonchev–Trinajstić information content (AvgIpc) is 2.48. The number of nitrogen functional groups attached to an aromatic ring is 1. The maximum Gasteiger partial charge on any atom is 0.248 e. The van der Waals surface area contributed by atoms with Gasteiger partial charge in [-0.2, -0.15) is 0 Å². The molecule has 0 heterocycles. The van der Waals surface area contributed by atoms with Gasteiger partial charge in [-0.1, -0.05) is 18.2 Å². The maximum absolute atomic E-state index is 11.3. The number of benzene rings is 2. The van der Waals surface area contributed by atoms with Crippen LogP contribution in [0.15, 0.2) is 42.5 Å². The van der Waals surface area contributed by atoms with Crippen LogP contribution in [0, 0.1) is 0 Å². The van der Waals surface area contributed by atoms with E-state index in [1.165, 1.54) is 0 Å². The van der Waals surface area contributed by atoms with E-state index in [0.29, 0.717) is 23.5 Å². The Balaban J connectivity index is 2.29. The molecule has 0 aliphatic heterocycles. The summed E-state index contributed by atoms with van der Waals surface area (Å²) < 4.78 is 5.11. The summed E-state index contributed by atoms with van der Waals surface area (Å²) in [4.78, 5) is 11.3. The van der Waals surface area contributed by atoms with Crippen molar-refractivity contribution in [3.63, 3.8) is 0 Å². The van der Waals surface area contributed by atoms with Gasteiger partial charge in [0.15, 0.2) is 0 Å². The highest BCUT2D eigenvalue weighted by Crippen LogP contribution is 2.26. The van der Waals surface area contributed by atoms with Crippen LogP contribution in [-0.4, -0.2) is 19.6 Å².